The van der Waals surface area contributed by atoms with Gasteiger partial charge in [0.25, 0.3) is 0 Å². The molecule has 1 aliphatic rings. The zero-order valence-electron chi connectivity index (χ0n) is 16.4. The summed E-state index contributed by atoms with van der Waals surface area (Å²) >= 11 is 0. The average molecular weight is 379 g/mol. The Morgan fingerprint density at radius 1 is 1.19 bits per heavy atom. The number of halogens is 1. The third-order valence-corrected chi connectivity index (χ3v) is 4.72. The molecule has 27 heavy (non-hydrogen) atoms. The minimum Gasteiger partial charge on any atom is -0.379 e. The van der Waals surface area contributed by atoms with Gasteiger partial charge in [-0.1, -0.05) is 26.0 Å². The van der Waals surface area contributed by atoms with E-state index in [0.29, 0.717) is 6.54 Å². The van der Waals surface area contributed by atoms with Gasteiger partial charge in [-0.3, -0.25) is 14.5 Å². The number of nitrogens with zero attached hydrogens (tertiary/aromatic N) is 2. The summed E-state index contributed by atoms with van der Waals surface area (Å²) in [6.07, 6.45) is 0. The van der Waals surface area contributed by atoms with Crippen LogP contribution in [-0.4, -0.2) is 67.0 Å². The molecule has 0 saturated carbocycles. The first-order chi connectivity index (χ1) is 12.9. The Labute approximate surface area is 160 Å². The van der Waals surface area contributed by atoms with Crippen molar-refractivity contribution in [2.24, 2.45) is 5.92 Å². The van der Waals surface area contributed by atoms with Gasteiger partial charge in [-0.15, -0.1) is 0 Å². The van der Waals surface area contributed by atoms with Crippen molar-refractivity contribution in [1.82, 2.24) is 15.1 Å². The summed E-state index contributed by atoms with van der Waals surface area (Å²) in [6, 6.07) is 5.40. The molecule has 150 valence electrons. The lowest BCUT2D eigenvalue weighted by Crippen LogP contribution is -2.50. The number of ether oxygens (including phenoxy) is 1. The van der Waals surface area contributed by atoms with Crippen LogP contribution in [0, 0.1) is 11.7 Å². The highest BCUT2D eigenvalue weighted by atomic mass is 19.1. The number of nitrogens with one attached hydrogen (secondary N) is 1. The predicted molar refractivity (Wildman–Crippen MR) is 102 cm³/mol. The predicted octanol–water partition coefficient (Wildman–Crippen LogP) is 1.65. The van der Waals surface area contributed by atoms with E-state index in [1.54, 1.807) is 24.0 Å². The van der Waals surface area contributed by atoms with Crippen LogP contribution in [0.25, 0.3) is 0 Å². The van der Waals surface area contributed by atoms with Crippen molar-refractivity contribution < 1.29 is 18.7 Å². The molecule has 1 heterocycles. The van der Waals surface area contributed by atoms with Crippen LogP contribution in [0.2, 0.25) is 0 Å². The summed E-state index contributed by atoms with van der Waals surface area (Å²) in [7, 11) is 0. The van der Waals surface area contributed by atoms with Crippen molar-refractivity contribution in [2.75, 3.05) is 39.4 Å². The summed E-state index contributed by atoms with van der Waals surface area (Å²) < 4.78 is 18.4. The van der Waals surface area contributed by atoms with Gasteiger partial charge in [-0.05, 0) is 24.6 Å². The Balaban J connectivity index is 1.94. The number of amides is 2. The van der Waals surface area contributed by atoms with E-state index in [1.165, 1.54) is 12.1 Å². The first kappa shape index (κ1) is 21.3. The van der Waals surface area contributed by atoms with Crippen LogP contribution in [0.15, 0.2) is 24.3 Å². The summed E-state index contributed by atoms with van der Waals surface area (Å²) in [6.45, 7) is 10.1. The SMILES string of the molecule is CC(C)C(=O)N(Cc1ccc(F)cc1)[C@H](C)C(=O)NCCN1CCOCC1. The Hall–Kier alpha value is -1.99. The van der Waals surface area contributed by atoms with Gasteiger partial charge in [0.2, 0.25) is 11.8 Å². The van der Waals surface area contributed by atoms with Gasteiger partial charge in [0.15, 0.2) is 0 Å². The van der Waals surface area contributed by atoms with Crippen LogP contribution < -0.4 is 5.32 Å². The van der Waals surface area contributed by atoms with E-state index in [2.05, 4.69) is 10.2 Å². The summed E-state index contributed by atoms with van der Waals surface area (Å²) in [5.41, 5.74) is 0.790. The molecule has 2 rings (SSSR count). The molecule has 1 saturated heterocycles. The minimum absolute atomic E-state index is 0.102. The minimum atomic E-state index is -0.602. The molecule has 0 spiro atoms. The second kappa shape index (κ2) is 10.4. The monoisotopic (exact) mass is 379 g/mol. The number of carbonyl (C=O) groups is 2. The second-order valence-corrected chi connectivity index (χ2v) is 7.17. The van der Waals surface area contributed by atoms with Gasteiger partial charge < -0.3 is 15.0 Å². The Kier molecular flexibility index (Phi) is 8.19. The third kappa shape index (κ3) is 6.59. The lowest BCUT2D eigenvalue weighted by atomic mass is 10.1. The second-order valence-electron chi connectivity index (χ2n) is 7.17. The average Bonchev–Trinajstić information content (AvgIpc) is 2.67. The van der Waals surface area contributed by atoms with E-state index in [1.807, 2.05) is 13.8 Å². The highest BCUT2D eigenvalue weighted by molar-refractivity contribution is 5.88. The van der Waals surface area contributed by atoms with Gasteiger partial charge in [0, 0.05) is 38.6 Å². The number of carbonyl (C=O) groups excluding carboxylic acids is 2. The van der Waals surface area contributed by atoms with Gasteiger partial charge in [-0.2, -0.15) is 0 Å². The quantitative estimate of drug-likeness (QED) is 0.746. The number of benzene rings is 1. The van der Waals surface area contributed by atoms with E-state index >= 15 is 0 Å². The summed E-state index contributed by atoms with van der Waals surface area (Å²) in [5.74, 6) is -0.835. The molecule has 0 aromatic heterocycles. The molecule has 6 nitrogen and oxygen atoms in total. The van der Waals surface area contributed by atoms with Gasteiger partial charge in [-0.25, -0.2) is 4.39 Å². The molecule has 1 aliphatic heterocycles. The van der Waals surface area contributed by atoms with Crippen molar-refractivity contribution >= 4 is 11.8 Å². The number of morpholine rings is 1. The molecule has 1 atom stereocenters. The first-order valence-corrected chi connectivity index (χ1v) is 9.51. The Morgan fingerprint density at radius 3 is 2.41 bits per heavy atom. The van der Waals surface area contributed by atoms with Crippen LogP contribution in [0.1, 0.15) is 26.3 Å². The molecular formula is C20H30FN3O3. The molecule has 1 aromatic carbocycles. The van der Waals surface area contributed by atoms with Crippen LogP contribution in [-0.2, 0) is 20.9 Å². The standard InChI is InChI=1S/C20H30FN3O3/c1-15(2)20(26)24(14-17-4-6-18(21)7-5-17)16(3)19(25)22-8-9-23-10-12-27-13-11-23/h4-7,15-16H,8-14H2,1-3H3,(H,22,25)/t16-/m1/s1. The maximum Gasteiger partial charge on any atom is 0.242 e. The largest absolute Gasteiger partial charge is 0.379 e. The Morgan fingerprint density at radius 2 is 1.81 bits per heavy atom. The normalized spacial score (nSPS) is 16.2. The van der Waals surface area contributed by atoms with Crippen LogP contribution in [0.4, 0.5) is 4.39 Å². The fourth-order valence-electron chi connectivity index (χ4n) is 2.98. The molecule has 0 bridgehead atoms. The molecule has 1 aromatic rings. The van der Waals surface area contributed by atoms with E-state index in [9.17, 15) is 14.0 Å². The third-order valence-electron chi connectivity index (χ3n) is 4.72. The number of hydrogen-bond acceptors (Lipinski definition) is 4. The number of hydrogen-bond donors (Lipinski definition) is 1. The van der Waals surface area contributed by atoms with Crippen molar-refractivity contribution in [3.63, 3.8) is 0 Å². The lowest BCUT2D eigenvalue weighted by molar-refractivity contribution is -0.143. The maximum absolute atomic E-state index is 13.1. The Bertz CT molecular complexity index is 615. The lowest BCUT2D eigenvalue weighted by Gasteiger charge is -2.31. The molecule has 1 fully saturated rings. The fourth-order valence-corrected chi connectivity index (χ4v) is 2.98. The van der Waals surface area contributed by atoms with E-state index < -0.39 is 6.04 Å². The number of rotatable bonds is 8. The van der Waals surface area contributed by atoms with Crippen molar-refractivity contribution in [2.45, 2.75) is 33.4 Å². The van der Waals surface area contributed by atoms with Crippen LogP contribution in [0.3, 0.4) is 0 Å². The molecule has 1 N–H and O–H groups in total. The molecular weight excluding hydrogens is 349 g/mol. The fraction of sp³-hybridized carbons (Fsp3) is 0.600. The molecule has 7 heteroatoms. The van der Waals surface area contributed by atoms with E-state index in [-0.39, 0.29) is 30.1 Å². The molecule has 2 amide bonds. The molecule has 0 unspecified atom stereocenters. The highest BCUT2D eigenvalue weighted by Crippen LogP contribution is 2.14. The van der Waals surface area contributed by atoms with Crippen molar-refractivity contribution in [3.8, 4) is 0 Å². The zero-order valence-corrected chi connectivity index (χ0v) is 16.4. The highest BCUT2D eigenvalue weighted by Gasteiger charge is 2.27. The summed E-state index contributed by atoms with van der Waals surface area (Å²) in [5, 5.41) is 2.92. The van der Waals surface area contributed by atoms with E-state index in [4.69, 9.17) is 4.74 Å². The molecule has 0 aliphatic carbocycles. The van der Waals surface area contributed by atoms with Gasteiger partial charge in [0.05, 0.1) is 13.2 Å². The van der Waals surface area contributed by atoms with E-state index in [0.717, 1.165) is 38.4 Å². The van der Waals surface area contributed by atoms with Crippen LogP contribution >= 0.6 is 0 Å². The topological polar surface area (TPSA) is 61.9 Å². The first-order valence-electron chi connectivity index (χ1n) is 9.51. The smallest absolute Gasteiger partial charge is 0.242 e. The van der Waals surface area contributed by atoms with Gasteiger partial charge >= 0.3 is 0 Å². The molecule has 0 radical (unpaired) electrons. The van der Waals surface area contributed by atoms with Crippen molar-refractivity contribution in [3.05, 3.63) is 35.6 Å². The summed E-state index contributed by atoms with van der Waals surface area (Å²) in [4.78, 5) is 29.0. The maximum atomic E-state index is 13.1. The zero-order chi connectivity index (χ0) is 19.8. The van der Waals surface area contributed by atoms with Crippen molar-refractivity contribution in [1.29, 1.82) is 0 Å². The van der Waals surface area contributed by atoms with Crippen LogP contribution in [0.5, 0.6) is 0 Å². The van der Waals surface area contributed by atoms with Gasteiger partial charge in [0.1, 0.15) is 11.9 Å².